The first-order valence-corrected chi connectivity index (χ1v) is 8.80. The summed E-state index contributed by atoms with van der Waals surface area (Å²) < 4.78 is 92.3. The van der Waals surface area contributed by atoms with Crippen LogP contribution in [-0.4, -0.2) is 49.3 Å². The van der Waals surface area contributed by atoms with Crippen molar-refractivity contribution in [3.63, 3.8) is 0 Å². The highest BCUT2D eigenvalue weighted by molar-refractivity contribution is 5.77. The van der Waals surface area contributed by atoms with Crippen molar-refractivity contribution in [3.05, 3.63) is 34.9 Å². The molecule has 0 radical (unpaired) electrons. The maximum Gasteiger partial charge on any atom is 0.435 e. The Morgan fingerprint density at radius 2 is 1.75 bits per heavy atom. The van der Waals surface area contributed by atoms with Crippen molar-refractivity contribution >= 4 is 5.91 Å². The number of alkyl halides is 7. The molecule has 1 aromatic rings. The second-order valence-electron chi connectivity index (χ2n) is 7.21. The number of carbonyl (C=O) groups excluding carboxylic acids is 1. The number of benzene rings is 1. The van der Waals surface area contributed by atoms with Crippen molar-refractivity contribution in [2.45, 2.75) is 49.2 Å². The normalized spacial score (nSPS) is 23.3. The Hall–Kier alpha value is -1.84. The van der Waals surface area contributed by atoms with Gasteiger partial charge >= 0.3 is 18.0 Å². The van der Waals surface area contributed by atoms with Crippen LogP contribution in [0.2, 0.25) is 0 Å². The van der Waals surface area contributed by atoms with Gasteiger partial charge in [-0.1, -0.05) is 18.2 Å². The first-order chi connectivity index (χ1) is 12.9. The molecule has 0 bridgehead atoms. The lowest BCUT2D eigenvalue weighted by molar-refractivity contribution is -0.348. The fourth-order valence-corrected chi connectivity index (χ4v) is 4.31. The molecule has 28 heavy (non-hydrogen) atoms. The van der Waals surface area contributed by atoms with Crippen molar-refractivity contribution in [1.29, 1.82) is 0 Å². The Morgan fingerprint density at radius 1 is 1.11 bits per heavy atom. The van der Waals surface area contributed by atoms with Gasteiger partial charge in [0.2, 0.25) is 5.91 Å². The SMILES string of the molecule is CNC(=O)CN1CC[C@H]2c3ccc(C(F)(C(F)(F)F)C(F)(F)F)cc3CCC21. The van der Waals surface area contributed by atoms with Crippen LogP contribution in [0.5, 0.6) is 0 Å². The number of likely N-dealkylation sites (tertiary alicyclic amines) is 1. The first-order valence-electron chi connectivity index (χ1n) is 8.80. The molecule has 1 saturated heterocycles. The monoisotopic (exact) mass is 412 g/mol. The van der Waals surface area contributed by atoms with Gasteiger partial charge < -0.3 is 5.32 Å². The van der Waals surface area contributed by atoms with E-state index in [4.69, 9.17) is 0 Å². The number of hydrogen-bond donors (Lipinski definition) is 1. The fraction of sp³-hybridized carbons (Fsp3) is 0.611. The van der Waals surface area contributed by atoms with E-state index in [-0.39, 0.29) is 30.8 Å². The molecule has 0 aromatic heterocycles. The summed E-state index contributed by atoms with van der Waals surface area (Å²) in [6.45, 7) is 0.781. The first kappa shape index (κ1) is 20.9. The molecule has 156 valence electrons. The van der Waals surface area contributed by atoms with Gasteiger partial charge in [-0.2, -0.15) is 26.3 Å². The summed E-state index contributed by atoms with van der Waals surface area (Å²) in [5, 5.41) is 2.52. The number of nitrogens with one attached hydrogen (secondary N) is 1. The molecule has 1 amide bonds. The summed E-state index contributed by atoms with van der Waals surface area (Å²) in [7, 11) is 1.51. The molecule has 10 heteroatoms. The molecular weight excluding hydrogens is 393 g/mol. The van der Waals surface area contributed by atoms with Crippen molar-refractivity contribution in [3.8, 4) is 0 Å². The Labute approximate surface area is 156 Å². The third-order valence-corrected chi connectivity index (χ3v) is 5.72. The number of hydrogen-bond acceptors (Lipinski definition) is 2. The molecule has 1 fully saturated rings. The van der Waals surface area contributed by atoms with Gasteiger partial charge in [0.05, 0.1) is 6.54 Å². The van der Waals surface area contributed by atoms with Crippen molar-refractivity contribution in [2.24, 2.45) is 0 Å². The smallest absolute Gasteiger partial charge is 0.358 e. The summed E-state index contributed by atoms with van der Waals surface area (Å²) in [5.74, 6) is -0.271. The Kier molecular flexibility index (Phi) is 5.14. The van der Waals surface area contributed by atoms with Gasteiger partial charge in [0.1, 0.15) is 0 Å². The molecule has 1 aromatic carbocycles. The van der Waals surface area contributed by atoms with E-state index in [0.29, 0.717) is 42.6 Å². The number of fused-ring (bicyclic) bond motifs is 3. The standard InChI is InChI=1S/C18H19F7N2O/c1-26-15(28)9-27-7-6-13-12-4-3-11(8-10(12)2-5-14(13)27)16(19,17(20,21)22)18(23,24)25/h3-4,8,13-14H,2,5-7,9H2,1H3,(H,26,28)/t13-,14?/m0/s1. The van der Waals surface area contributed by atoms with Gasteiger partial charge in [0, 0.05) is 24.6 Å². The second kappa shape index (κ2) is 6.89. The quantitative estimate of drug-likeness (QED) is 0.766. The van der Waals surface area contributed by atoms with E-state index in [1.54, 1.807) is 0 Å². The van der Waals surface area contributed by atoms with Crippen LogP contribution < -0.4 is 5.32 Å². The van der Waals surface area contributed by atoms with E-state index in [1.165, 1.54) is 13.1 Å². The number of amides is 1. The zero-order valence-electron chi connectivity index (χ0n) is 14.9. The summed E-state index contributed by atoms with van der Waals surface area (Å²) in [6.07, 6.45) is -10.9. The number of halogens is 7. The van der Waals surface area contributed by atoms with Crippen LogP contribution in [0.4, 0.5) is 30.7 Å². The molecule has 3 rings (SSSR count). The number of aryl methyl sites for hydroxylation is 1. The van der Waals surface area contributed by atoms with E-state index in [2.05, 4.69) is 5.32 Å². The molecule has 0 spiro atoms. The number of likely N-dealkylation sites (N-methyl/N-ethyl adjacent to an activating group) is 1. The van der Waals surface area contributed by atoms with Crippen LogP contribution in [0.25, 0.3) is 0 Å². The molecule has 0 saturated carbocycles. The maximum absolute atomic E-state index is 14.3. The minimum atomic E-state index is -6.12. The predicted octanol–water partition coefficient (Wildman–Crippen LogP) is 3.83. The van der Waals surface area contributed by atoms with Crippen molar-refractivity contribution in [2.75, 3.05) is 20.1 Å². The number of rotatable bonds is 3. The fourth-order valence-electron chi connectivity index (χ4n) is 4.31. The van der Waals surface area contributed by atoms with E-state index in [0.717, 1.165) is 0 Å². The Bertz CT molecular complexity index is 745. The molecule has 1 heterocycles. The average Bonchev–Trinajstić information content (AvgIpc) is 3.01. The lowest BCUT2D eigenvalue weighted by Crippen LogP contribution is -2.50. The largest absolute Gasteiger partial charge is 0.435 e. The molecule has 1 aliphatic heterocycles. The maximum atomic E-state index is 14.3. The lowest BCUT2D eigenvalue weighted by atomic mass is 9.77. The third kappa shape index (κ3) is 3.25. The van der Waals surface area contributed by atoms with Gasteiger partial charge in [-0.25, -0.2) is 4.39 Å². The lowest BCUT2D eigenvalue weighted by Gasteiger charge is -2.35. The van der Waals surface area contributed by atoms with Gasteiger partial charge in [0.25, 0.3) is 0 Å². The zero-order chi connectivity index (χ0) is 20.9. The molecule has 2 atom stereocenters. The summed E-state index contributed by atoms with van der Waals surface area (Å²) >= 11 is 0. The molecule has 1 unspecified atom stereocenters. The van der Waals surface area contributed by atoms with Crippen LogP contribution in [0, 0.1) is 0 Å². The summed E-state index contributed by atoms with van der Waals surface area (Å²) in [4.78, 5) is 13.6. The van der Waals surface area contributed by atoms with Gasteiger partial charge in [-0.05, 0) is 36.9 Å². The van der Waals surface area contributed by atoms with E-state index >= 15 is 0 Å². The highest BCUT2D eigenvalue weighted by atomic mass is 19.4. The molecule has 1 aliphatic carbocycles. The van der Waals surface area contributed by atoms with Crippen LogP contribution in [0.1, 0.15) is 35.4 Å². The average molecular weight is 412 g/mol. The van der Waals surface area contributed by atoms with E-state index < -0.39 is 23.6 Å². The number of nitrogens with zero attached hydrogens (tertiary/aromatic N) is 1. The minimum absolute atomic E-state index is 0.0176. The molecular formula is C18H19F7N2O. The molecule has 3 nitrogen and oxygen atoms in total. The Balaban J connectivity index is 1.93. The highest BCUT2D eigenvalue weighted by Crippen LogP contribution is 2.54. The summed E-state index contributed by atoms with van der Waals surface area (Å²) in [5.41, 5.74) is -5.92. The minimum Gasteiger partial charge on any atom is -0.358 e. The second-order valence-corrected chi connectivity index (χ2v) is 7.21. The van der Waals surface area contributed by atoms with E-state index in [1.807, 2.05) is 4.90 Å². The predicted molar refractivity (Wildman–Crippen MR) is 86.4 cm³/mol. The van der Waals surface area contributed by atoms with Crippen molar-refractivity contribution in [1.82, 2.24) is 10.2 Å². The van der Waals surface area contributed by atoms with Gasteiger partial charge in [-0.3, -0.25) is 9.69 Å². The van der Waals surface area contributed by atoms with Crippen molar-refractivity contribution < 1.29 is 35.5 Å². The molecule has 2 aliphatic rings. The van der Waals surface area contributed by atoms with Gasteiger partial charge in [0.15, 0.2) is 0 Å². The van der Waals surface area contributed by atoms with Crippen LogP contribution >= 0.6 is 0 Å². The van der Waals surface area contributed by atoms with E-state index in [9.17, 15) is 35.5 Å². The summed E-state index contributed by atoms with van der Waals surface area (Å²) in [6, 6.07) is 2.45. The zero-order valence-corrected chi connectivity index (χ0v) is 14.9. The van der Waals surface area contributed by atoms with Gasteiger partial charge in [-0.15, -0.1) is 0 Å². The Morgan fingerprint density at radius 3 is 2.32 bits per heavy atom. The third-order valence-electron chi connectivity index (χ3n) is 5.72. The molecule has 1 N–H and O–H groups in total. The van der Waals surface area contributed by atoms with Crippen LogP contribution in [-0.2, 0) is 16.9 Å². The topological polar surface area (TPSA) is 32.3 Å². The number of carbonyl (C=O) groups is 1. The van der Waals surface area contributed by atoms with Crippen LogP contribution in [0.3, 0.4) is 0 Å². The van der Waals surface area contributed by atoms with Crippen LogP contribution in [0.15, 0.2) is 18.2 Å². The highest BCUT2D eigenvalue weighted by Gasteiger charge is 2.73.